The molecule has 3 heteroatoms. The van der Waals surface area contributed by atoms with Gasteiger partial charge in [0.15, 0.2) is 5.78 Å². The highest BCUT2D eigenvalue weighted by molar-refractivity contribution is 5.91. The summed E-state index contributed by atoms with van der Waals surface area (Å²) in [4.78, 5) is 14.8. The van der Waals surface area contributed by atoms with Crippen LogP contribution in [-0.2, 0) is 17.9 Å². The fourth-order valence-corrected chi connectivity index (χ4v) is 5.13. The van der Waals surface area contributed by atoms with Gasteiger partial charge in [-0.1, -0.05) is 68.4 Å². The van der Waals surface area contributed by atoms with E-state index in [1.54, 1.807) is 6.08 Å². The topological polar surface area (TPSA) is 32.3 Å². The predicted octanol–water partition coefficient (Wildman–Crippen LogP) is 5.28. The largest absolute Gasteiger partial charge is 0.384 e. The summed E-state index contributed by atoms with van der Waals surface area (Å²) in [6, 6.07) is 19.3. The maximum Gasteiger partial charge on any atom is 0.158 e. The maximum absolute atomic E-state index is 12.2. The van der Waals surface area contributed by atoms with Crippen molar-refractivity contribution in [3.63, 3.8) is 0 Å². The normalized spacial score (nSPS) is 25.1. The molecule has 1 aliphatic carbocycles. The van der Waals surface area contributed by atoms with E-state index >= 15 is 0 Å². The number of carbonyl (C=O) groups excluding carboxylic acids is 1. The van der Waals surface area contributed by atoms with Gasteiger partial charge in [-0.3, -0.25) is 9.69 Å². The van der Waals surface area contributed by atoms with Crippen molar-refractivity contribution in [2.24, 2.45) is 11.8 Å². The molecule has 0 bridgehead atoms. The van der Waals surface area contributed by atoms with Crippen LogP contribution in [0.5, 0.6) is 0 Å². The highest BCUT2D eigenvalue weighted by Crippen LogP contribution is 2.30. The molecule has 1 saturated heterocycles. The summed E-state index contributed by atoms with van der Waals surface area (Å²) in [5, 5.41) is 3.51. The minimum Gasteiger partial charge on any atom is -0.384 e. The van der Waals surface area contributed by atoms with Crippen molar-refractivity contribution >= 4 is 5.78 Å². The third kappa shape index (κ3) is 5.60. The summed E-state index contributed by atoms with van der Waals surface area (Å²) in [6.45, 7) is 8.95. The summed E-state index contributed by atoms with van der Waals surface area (Å²) in [5.74, 6) is 2.09. The predicted molar refractivity (Wildman–Crippen MR) is 123 cm³/mol. The first-order valence-electron chi connectivity index (χ1n) is 11.4. The third-order valence-corrected chi connectivity index (χ3v) is 6.41. The van der Waals surface area contributed by atoms with Gasteiger partial charge in [0.05, 0.1) is 0 Å². The Bertz CT molecular complexity index is 861. The Morgan fingerprint density at radius 2 is 1.57 bits per heavy atom. The summed E-state index contributed by atoms with van der Waals surface area (Å²) >= 11 is 0. The van der Waals surface area contributed by atoms with Crippen molar-refractivity contribution < 1.29 is 4.79 Å². The van der Waals surface area contributed by atoms with E-state index in [2.05, 4.69) is 72.6 Å². The number of carbonyl (C=O) groups is 1. The zero-order chi connectivity index (χ0) is 20.9. The fourth-order valence-electron chi connectivity index (χ4n) is 5.13. The number of nitrogens with one attached hydrogen (secondary N) is 1. The van der Waals surface area contributed by atoms with Crippen LogP contribution in [0, 0.1) is 11.8 Å². The molecule has 2 aromatic rings. The van der Waals surface area contributed by atoms with Crippen LogP contribution in [0.4, 0.5) is 0 Å². The molecule has 3 unspecified atom stereocenters. The second-order valence-electron chi connectivity index (χ2n) is 9.46. The molecule has 0 radical (unpaired) electrons. The van der Waals surface area contributed by atoms with Gasteiger partial charge < -0.3 is 5.32 Å². The van der Waals surface area contributed by atoms with Gasteiger partial charge in [-0.2, -0.15) is 0 Å². The lowest BCUT2D eigenvalue weighted by atomic mass is 9.85. The number of benzene rings is 2. The van der Waals surface area contributed by atoms with Crippen molar-refractivity contribution in [1.82, 2.24) is 10.2 Å². The molecule has 3 atom stereocenters. The molecule has 0 spiro atoms. The highest BCUT2D eigenvalue weighted by atomic mass is 16.1. The average molecular weight is 403 g/mol. The molecule has 4 rings (SSSR count). The molecule has 1 fully saturated rings. The number of likely N-dealkylation sites (tertiary alicyclic amines) is 1. The van der Waals surface area contributed by atoms with Gasteiger partial charge in [0.25, 0.3) is 0 Å². The van der Waals surface area contributed by atoms with Gasteiger partial charge in [0.2, 0.25) is 0 Å². The number of ketones is 1. The van der Waals surface area contributed by atoms with Crippen LogP contribution in [0.3, 0.4) is 0 Å². The molecular weight excluding hydrogens is 368 g/mol. The lowest BCUT2D eigenvalue weighted by molar-refractivity contribution is -0.115. The van der Waals surface area contributed by atoms with E-state index in [1.165, 1.54) is 36.2 Å². The monoisotopic (exact) mass is 402 g/mol. The van der Waals surface area contributed by atoms with E-state index < -0.39 is 0 Å². The van der Waals surface area contributed by atoms with Crippen molar-refractivity contribution in [2.45, 2.75) is 52.1 Å². The van der Waals surface area contributed by atoms with E-state index in [4.69, 9.17) is 0 Å². The standard InChI is InChI=1S/C27H34N2O/c1-20-12-21(2)18-29(17-20)19-23-10-8-22(9-11-23)16-28-26-13-25(14-27(30)15-26)24-6-4-3-5-7-24/h3-11,15,20-21,25,28H,12-14,16-19H2,1-2H3. The number of rotatable bonds is 6. The number of nitrogens with zero attached hydrogens (tertiary/aromatic N) is 1. The molecule has 0 aromatic heterocycles. The van der Waals surface area contributed by atoms with Crippen LogP contribution in [0.2, 0.25) is 0 Å². The van der Waals surface area contributed by atoms with E-state index in [-0.39, 0.29) is 11.7 Å². The lowest BCUT2D eigenvalue weighted by Gasteiger charge is -2.35. The molecule has 1 N–H and O–H groups in total. The molecule has 2 aliphatic rings. The molecule has 1 aliphatic heterocycles. The summed E-state index contributed by atoms with van der Waals surface area (Å²) in [6.07, 6.45) is 4.66. The molecule has 0 amide bonds. The second kappa shape index (κ2) is 9.61. The number of allylic oxidation sites excluding steroid dienone is 2. The van der Waals surface area contributed by atoms with E-state index in [0.29, 0.717) is 6.42 Å². The van der Waals surface area contributed by atoms with Crippen LogP contribution in [0.25, 0.3) is 0 Å². The lowest BCUT2D eigenvalue weighted by Crippen LogP contribution is -2.38. The van der Waals surface area contributed by atoms with Crippen LogP contribution in [0.1, 0.15) is 55.7 Å². The number of hydrogen-bond donors (Lipinski definition) is 1. The van der Waals surface area contributed by atoms with Gasteiger partial charge in [-0.05, 0) is 47.3 Å². The molecule has 2 aromatic carbocycles. The molecule has 3 nitrogen and oxygen atoms in total. The Morgan fingerprint density at radius 1 is 0.900 bits per heavy atom. The minimum absolute atomic E-state index is 0.220. The van der Waals surface area contributed by atoms with Gasteiger partial charge >= 0.3 is 0 Å². The Labute approximate surface area is 181 Å². The molecule has 0 saturated carbocycles. The van der Waals surface area contributed by atoms with Crippen LogP contribution in [0.15, 0.2) is 66.4 Å². The zero-order valence-electron chi connectivity index (χ0n) is 18.3. The van der Waals surface area contributed by atoms with Crippen molar-refractivity contribution in [1.29, 1.82) is 0 Å². The number of hydrogen-bond acceptors (Lipinski definition) is 3. The van der Waals surface area contributed by atoms with Gasteiger partial charge in [0.1, 0.15) is 0 Å². The maximum atomic E-state index is 12.2. The van der Waals surface area contributed by atoms with E-state index in [9.17, 15) is 4.79 Å². The smallest absolute Gasteiger partial charge is 0.158 e. The summed E-state index contributed by atoms with van der Waals surface area (Å²) < 4.78 is 0. The average Bonchev–Trinajstić information content (AvgIpc) is 2.73. The van der Waals surface area contributed by atoms with Gasteiger partial charge in [-0.15, -0.1) is 0 Å². The summed E-state index contributed by atoms with van der Waals surface area (Å²) in [5.41, 5.74) is 4.95. The van der Waals surface area contributed by atoms with Crippen molar-refractivity contribution in [3.05, 3.63) is 83.1 Å². The molecule has 30 heavy (non-hydrogen) atoms. The zero-order valence-corrected chi connectivity index (χ0v) is 18.3. The van der Waals surface area contributed by atoms with Crippen molar-refractivity contribution in [3.8, 4) is 0 Å². The Morgan fingerprint density at radius 3 is 2.27 bits per heavy atom. The first kappa shape index (κ1) is 20.9. The molecule has 158 valence electrons. The second-order valence-corrected chi connectivity index (χ2v) is 9.46. The molecular formula is C27H34N2O. The first-order chi connectivity index (χ1) is 14.5. The Kier molecular flexibility index (Phi) is 6.69. The number of piperidine rings is 1. The van der Waals surface area contributed by atoms with Gasteiger partial charge in [-0.25, -0.2) is 0 Å². The quantitative estimate of drug-likeness (QED) is 0.713. The van der Waals surface area contributed by atoms with Gasteiger partial charge in [0, 0.05) is 44.4 Å². The van der Waals surface area contributed by atoms with Crippen LogP contribution in [-0.4, -0.2) is 23.8 Å². The van der Waals surface area contributed by atoms with Crippen molar-refractivity contribution in [2.75, 3.05) is 13.1 Å². The minimum atomic E-state index is 0.220. The Hall–Kier alpha value is -2.39. The van der Waals surface area contributed by atoms with E-state index in [0.717, 1.165) is 37.0 Å². The highest BCUT2D eigenvalue weighted by Gasteiger charge is 2.23. The first-order valence-corrected chi connectivity index (χ1v) is 11.4. The van der Waals surface area contributed by atoms with E-state index in [1.807, 2.05) is 6.07 Å². The van der Waals surface area contributed by atoms with Crippen LogP contribution < -0.4 is 5.32 Å². The fraction of sp³-hybridized carbons (Fsp3) is 0.444. The summed E-state index contributed by atoms with van der Waals surface area (Å²) in [7, 11) is 0. The molecule has 1 heterocycles. The SMILES string of the molecule is CC1CC(C)CN(Cc2ccc(CNC3=CC(=O)CC(c4ccccc4)C3)cc2)C1. The van der Waals surface area contributed by atoms with Crippen LogP contribution >= 0.6 is 0 Å². The third-order valence-electron chi connectivity index (χ3n) is 6.41. The Balaban J connectivity index is 1.31.